The van der Waals surface area contributed by atoms with Crippen molar-refractivity contribution in [3.05, 3.63) is 59.2 Å². The van der Waals surface area contributed by atoms with Gasteiger partial charge in [-0.1, -0.05) is 58.0 Å². The van der Waals surface area contributed by atoms with Crippen LogP contribution in [-0.4, -0.2) is 57.8 Å². The van der Waals surface area contributed by atoms with Crippen molar-refractivity contribution in [2.45, 2.75) is 59.0 Å². The topological polar surface area (TPSA) is 48.0 Å². The fourth-order valence-corrected chi connectivity index (χ4v) is 5.80. The molecule has 35 heavy (non-hydrogen) atoms. The monoisotopic (exact) mass is 481 g/mol. The van der Waals surface area contributed by atoms with E-state index in [0.717, 1.165) is 57.2 Å². The summed E-state index contributed by atoms with van der Waals surface area (Å²) in [5.41, 5.74) is 4.49. The van der Waals surface area contributed by atoms with E-state index in [1.54, 1.807) is 7.11 Å². The SMILES string of the molecule is C=O.CC.COc1ccc([C@@H]2CN(CC3(C)CCOC3)C[C@@H]2C)cc1OC1Cc2ccccc2C1. The predicted molar refractivity (Wildman–Crippen MR) is 142 cm³/mol. The van der Waals surface area contributed by atoms with E-state index >= 15 is 0 Å². The Morgan fingerprint density at radius 3 is 2.34 bits per heavy atom. The van der Waals surface area contributed by atoms with E-state index in [4.69, 9.17) is 19.0 Å². The minimum atomic E-state index is 0.182. The van der Waals surface area contributed by atoms with Crippen LogP contribution in [0.3, 0.4) is 0 Å². The van der Waals surface area contributed by atoms with Crippen LogP contribution in [0.2, 0.25) is 0 Å². The first-order chi connectivity index (χ1) is 17.0. The Balaban J connectivity index is 0.000000815. The number of benzene rings is 2. The Hall–Kier alpha value is -2.37. The zero-order valence-corrected chi connectivity index (χ0v) is 22.2. The van der Waals surface area contributed by atoms with E-state index in [9.17, 15) is 0 Å². The normalized spacial score (nSPS) is 25.7. The average Bonchev–Trinajstić information content (AvgIpc) is 3.59. The Kier molecular flexibility index (Phi) is 9.76. The second-order valence-corrected chi connectivity index (χ2v) is 10.2. The molecule has 2 aromatic rings. The third kappa shape index (κ3) is 6.45. The summed E-state index contributed by atoms with van der Waals surface area (Å²) in [4.78, 5) is 10.6. The summed E-state index contributed by atoms with van der Waals surface area (Å²) in [6.45, 7) is 16.0. The standard InChI is InChI=1S/C27H35NO3.C2H6.CH2O/c1-19-15-28(17-27(2)10-11-30-18-27)16-24(19)22-8-9-25(29-3)26(14-22)31-23-12-20-6-4-5-7-21(20)13-23;2*1-2/h4-9,14,19,23-24H,10-13,15-18H2,1-3H3;1-2H3;1H2/t19-,24+,27?;;/m0../s1. The molecule has 0 saturated carbocycles. The van der Waals surface area contributed by atoms with Crippen molar-refractivity contribution in [3.63, 3.8) is 0 Å². The van der Waals surface area contributed by atoms with E-state index in [0.29, 0.717) is 17.3 Å². The lowest BCUT2D eigenvalue weighted by molar-refractivity contribution is -0.0980. The summed E-state index contributed by atoms with van der Waals surface area (Å²) in [5.74, 6) is 2.88. The molecule has 0 radical (unpaired) electrons. The summed E-state index contributed by atoms with van der Waals surface area (Å²) >= 11 is 0. The van der Waals surface area contributed by atoms with Crippen molar-refractivity contribution in [3.8, 4) is 11.5 Å². The Bertz CT molecular complexity index is 915. The lowest BCUT2D eigenvalue weighted by Crippen LogP contribution is -2.35. The summed E-state index contributed by atoms with van der Waals surface area (Å²) in [6, 6.07) is 15.2. The summed E-state index contributed by atoms with van der Waals surface area (Å²) in [5, 5.41) is 0. The molecule has 0 amide bonds. The van der Waals surface area contributed by atoms with E-state index < -0.39 is 0 Å². The van der Waals surface area contributed by atoms with Gasteiger partial charge in [0.05, 0.1) is 13.7 Å². The van der Waals surface area contributed by atoms with Gasteiger partial charge in [-0.05, 0) is 41.2 Å². The molecule has 5 heteroatoms. The molecule has 2 aliphatic heterocycles. The maximum absolute atomic E-state index is 8.00. The van der Waals surface area contributed by atoms with Gasteiger partial charge in [0, 0.05) is 50.4 Å². The number of rotatable bonds is 6. The average molecular weight is 482 g/mol. The highest BCUT2D eigenvalue weighted by atomic mass is 16.5. The van der Waals surface area contributed by atoms with Gasteiger partial charge < -0.3 is 23.9 Å². The first-order valence-corrected chi connectivity index (χ1v) is 13.0. The Labute approximate surface area is 211 Å². The Morgan fingerprint density at radius 2 is 1.74 bits per heavy atom. The highest BCUT2D eigenvalue weighted by Crippen LogP contribution is 2.40. The fraction of sp³-hybridized carbons (Fsp3) is 0.567. The van der Waals surface area contributed by atoms with Crippen molar-refractivity contribution in [2.75, 3.05) is 40.0 Å². The van der Waals surface area contributed by atoms with Crippen molar-refractivity contribution in [2.24, 2.45) is 11.3 Å². The molecule has 2 aromatic carbocycles. The quantitative estimate of drug-likeness (QED) is 0.542. The minimum Gasteiger partial charge on any atom is -0.493 e. The highest BCUT2D eigenvalue weighted by molar-refractivity contribution is 5.45. The summed E-state index contributed by atoms with van der Waals surface area (Å²) in [7, 11) is 1.73. The van der Waals surface area contributed by atoms with Gasteiger partial charge in [-0.25, -0.2) is 0 Å². The van der Waals surface area contributed by atoms with Crippen LogP contribution in [0.1, 0.15) is 56.7 Å². The first kappa shape index (κ1) is 27.2. The van der Waals surface area contributed by atoms with Crippen LogP contribution in [0.25, 0.3) is 0 Å². The number of carbonyl (C=O) groups is 1. The van der Waals surface area contributed by atoms with Crippen LogP contribution < -0.4 is 9.47 Å². The van der Waals surface area contributed by atoms with E-state index in [-0.39, 0.29) is 6.10 Å². The molecule has 2 saturated heterocycles. The molecule has 3 aliphatic rings. The maximum Gasteiger partial charge on any atom is 0.161 e. The fourth-order valence-electron chi connectivity index (χ4n) is 5.80. The van der Waals surface area contributed by atoms with Crippen molar-refractivity contribution in [1.29, 1.82) is 0 Å². The zero-order chi connectivity index (χ0) is 25.4. The number of methoxy groups -OCH3 is 1. The number of likely N-dealkylation sites (tertiary alicyclic amines) is 1. The molecule has 2 heterocycles. The van der Waals surface area contributed by atoms with Crippen LogP contribution >= 0.6 is 0 Å². The number of fused-ring (bicyclic) bond motifs is 1. The van der Waals surface area contributed by atoms with E-state index in [1.165, 1.54) is 23.1 Å². The van der Waals surface area contributed by atoms with Gasteiger partial charge in [-0.15, -0.1) is 0 Å². The Morgan fingerprint density at radius 1 is 1.06 bits per heavy atom. The molecular formula is C30H43NO4. The third-order valence-electron chi connectivity index (χ3n) is 7.52. The van der Waals surface area contributed by atoms with E-state index in [2.05, 4.69) is 61.2 Å². The number of hydrogen-bond acceptors (Lipinski definition) is 5. The number of hydrogen-bond donors (Lipinski definition) is 0. The summed E-state index contributed by atoms with van der Waals surface area (Å²) < 4.78 is 17.8. The molecular weight excluding hydrogens is 438 g/mol. The lowest BCUT2D eigenvalue weighted by atomic mass is 9.89. The van der Waals surface area contributed by atoms with Gasteiger partial charge in [-0.2, -0.15) is 0 Å². The van der Waals surface area contributed by atoms with Gasteiger partial charge in [0.1, 0.15) is 12.9 Å². The van der Waals surface area contributed by atoms with Crippen LogP contribution in [0.5, 0.6) is 11.5 Å². The van der Waals surface area contributed by atoms with Gasteiger partial charge in [-0.3, -0.25) is 0 Å². The molecule has 2 fully saturated rings. The minimum absolute atomic E-state index is 0.182. The third-order valence-corrected chi connectivity index (χ3v) is 7.52. The van der Waals surface area contributed by atoms with Gasteiger partial charge in [0.15, 0.2) is 11.5 Å². The van der Waals surface area contributed by atoms with Crippen LogP contribution in [0.4, 0.5) is 0 Å². The second kappa shape index (κ2) is 12.5. The van der Waals surface area contributed by atoms with Crippen molar-refractivity contribution >= 4 is 6.79 Å². The first-order valence-electron chi connectivity index (χ1n) is 13.0. The molecule has 1 aliphatic carbocycles. The molecule has 5 rings (SSSR count). The zero-order valence-electron chi connectivity index (χ0n) is 22.2. The van der Waals surface area contributed by atoms with Crippen LogP contribution in [-0.2, 0) is 22.4 Å². The van der Waals surface area contributed by atoms with Crippen LogP contribution in [0.15, 0.2) is 42.5 Å². The number of carbonyl (C=O) groups excluding carboxylic acids is 1. The largest absolute Gasteiger partial charge is 0.493 e. The molecule has 0 aromatic heterocycles. The van der Waals surface area contributed by atoms with Gasteiger partial charge >= 0.3 is 0 Å². The molecule has 1 unspecified atom stereocenters. The van der Waals surface area contributed by atoms with Gasteiger partial charge in [0.2, 0.25) is 0 Å². The predicted octanol–water partition coefficient (Wildman–Crippen LogP) is 5.54. The molecule has 0 bridgehead atoms. The molecule has 5 nitrogen and oxygen atoms in total. The molecule has 0 spiro atoms. The van der Waals surface area contributed by atoms with Crippen molar-refractivity contribution < 1.29 is 19.0 Å². The van der Waals surface area contributed by atoms with Gasteiger partial charge in [0.25, 0.3) is 0 Å². The van der Waals surface area contributed by atoms with Crippen LogP contribution in [0, 0.1) is 11.3 Å². The molecule has 3 atom stereocenters. The maximum atomic E-state index is 8.00. The number of ether oxygens (including phenoxy) is 3. The lowest BCUT2D eigenvalue weighted by Gasteiger charge is -2.28. The molecule has 0 N–H and O–H groups in total. The second-order valence-electron chi connectivity index (χ2n) is 10.2. The van der Waals surface area contributed by atoms with Crippen molar-refractivity contribution in [1.82, 2.24) is 4.90 Å². The summed E-state index contributed by atoms with van der Waals surface area (Å²) in [6.07, 6.45) is 3.30. The smallest absolute Gasteiger partial charge is 0.161 e. The number of nitrogens with zero attached hydrogens (tertiary/aromatic N) is 1. The molecule has 192 valence electrons. The highest BCUT2D eigenvalue weighted by Gasteiger charge is 2.37. The van der Waals surface area contributed by atoms with E-state index in [1.807, 2.05) is 20.6 Å².